The highest BCUT2D eigenvalue weighted by atomic mass is 16.4. The van der Waals surface area contributed by atoms with Gasteiger partial charge in [0.05, 0.1) is 0 Å². The topological polar surface area (TPSA) is 82.2 Å². The molecule has 0 unspecified atom stereocenters. The Balaban J connectivity index is 2.64. The van der Waals surface area contributed by atoms with Gasteiger partial charge in [0.2, 0.25) is 0 Å². The number of carbonyl (C=O) groups is 2. The lowest BCUT2D eigenvalue weighted by molar-refractivity contribution is 0.0944. The SMILES string of the molecule is O=C(O)NC(=O)c1ccc[nH]1. The first-order valence-corrected chi connectivity index (χ1v) is 2.88. The van der Waals surface area contributed by atoms with E-state index in [1.165, 1.54) is 12.3 Å². The molecule has 0 fully saturated rings. The number of carboxylic acid groups (broad SMARTS) is 1. The molecular weight excluding hydrogens is 148 g/mol. The molecule has 5 heteroatoms. The number of imide groups is 1. The summed E-state index contributed by atoms with van der Waals surface area (Å²) in [5.41, 5.74) is 0.229. The van der Waals surface area contributed by atoms with Crippen molar-refractivity contribution in [1.82, 2.24) is 10.3 Å². The first-order valence-electron chi connectivity index (χ1n) is 2.88. The van der Waals surface area contributed by atoms with Crippen molar-refractivity contribution in [2.45, 2.75) is 0 Å². The molecular formula is C6H6N2O3. The predicted octanol–water partition coefficient (Wildman–Crippen LogP) is 0.422. The number of hydrogen-bond acceptors (Lipinski definition) is 2. The molecule has 0 aliphatic rings. The van der Waals surface area contributed by atoms with Gasteiger partial charge in [0.25, 0.3) is 5.91 Å². The molecule has 0 aliphatic heterocycles. The van der Waals surface area contributed by atoms with Crippen LogP contribution < -0.4 is 5.32 Å². The monoisotopic (exact) mass is 154 g/mol. The molecule has 0 aromatic carbocycles. The summed E-state index contributed by atoms with van der Waals surface area (Å²) < 4.78 is 0. The van der Waals surface area contributed by atoms with Crippen molar-refractivity contribution in [2.75, 3.05) is 0 Å². The average molecular weight is 154 g/mol. The number of amides is 2. The fraction of sp³-hybridized carbons (Fsp3) is 0. The zero-order valence-corrected chi connectivity index (χ0v) is 5.50. The highest BCUT2D eigenvalue weighted by Crippen LogP contribution is 1.92. The molecule has 0 saturated heterocycles. The third kappa shape index (κ3) is 1.82. The van der Waals surface area contributed by atoms with Crippen molar-refractivity contribution in [3.63, 3.8) is 0 Å². The van der Waals surface area contributed by atoms with E-state index in [0.717, 1.165) is 0 Å². The molecule has 1 aromatic heterocycles. The highest BCUT2D eigenvalue weighted by molar-refractivity contribution is 6.01. The highest BCUT2D eigenvalue weighted by Gasteiger charge is 2.07. The van der Waals surface area contributed by atoms with Crippen LogP contribution in [0.3, 0.4) is 0 Å². The Kier molecular flexibility index (Phi) is 1.91. The number of hydrogen-bond donors (Lipinski definition) is 3. The number of aromatic amines is 1. The van der Waals surface area contributed by atoms with E-state index in [0.29, 0.717) is 0 Å². The van der Waals surface area contributed by atoms with Crippen molar-refractivity contribution in [3.8, 4) is 0 Å². The van der Waals surface area contributed by atoms with Crippen LogP contribution in [-0.4, -0.2) is 22.1 Å². The zero-order valence-electron chi connectivity index (χ0n) is 5.50. The Morgan fingerprint density at radius 3 is 2.73 bits per heavy atom. The normalized spacial score (nSPS) is 9.09. The van der Waals surface area contributed by atoms with Crippen LogP contribution in [0, 0.1) is 0 Å². The lowest BCUT2D eigenvalue weighted by Gasteiger charge is -1.94. The van der Waals surface area contributed by atoms with E-state index in [4.69, 9.17) is 5.11 Å². The lowest BCUT2D eigenvalue weighted by atomic mass is 10.4. The molecule has 0 aliphatic carbocycles. The Morgan fingerprint density at radius 1 is 1.55 bits per heavy atom. The lowest BCUT2D eigenvalue weighted by Crippen LogP contribution is -2.28. The number of H-pyrrole nitrogens is 1. The standard InChI is InChI=1S/C6H6N2O3/c9-5(8-6(10)11)4-2-1-3-7-4/h1-3,7H,(H,8,9)(H,10,11). The third-order valence-corrected chi connectivity index (χ3v) is 1.06. The van der Waals surface area contributed by atoms with Gasteiger partial charge in [-0.3, -0.25) is 10.1 Å². The Morgan fingerprint density at radius 2 is 2.27 bits per heavy atom. The van der Waals surface area contributed by atoms with Crippen molar-refractivity contribution in [3.05, 3.63) is 24.0 Å². The largest absolute Gasteiger partial charge is 0.465 e. The van der Waals surface area contributed by atoms with E-state index in [1.54, 1.807) is 11.4 Å². The molecule has 11 heavy (non-hydrogen) atoms. The average Bonchev–Trinajstić information content (AvgIpc) is 2.35. The van der Waals surface area contributed by atoms with Crippen LogP contribution in [0.2, 0.25) is 0 Å². The van der Waals surface area contributed by atoms with Crippen molar-refractivity contribution in [1.29, 1.82) is 0 Å². The Hall–Kier alpha value is -1.78. The van der Waals surface area contributed by atoms with Crippen molar-refractivity contribution < 1.29 is 14.7 Å². The van der Waals surface area contributed by atoms with E-state index < -0.39 is 12.0 Å². The molecule has 2 amide bonds. The zero-order chi connectivity index (χ0) is 8.27. The maximum absolute atomic E-state index is 10.8. The van der Waals surface area contributed by atoms with Crippen LogP contribution in [0.5, 0.6) is 0 Å². The fourth-order valence-corrected chi connectivity index (χ4v) is 0.636. The van der Waals surface area contributed by atoms with Gasteiger partial charge in [-0.2, -0.15) is 0 Å². The molecule has 5 nitrogen and oxygen atoms in total. The van der Waals surface area contributed by atoms with Crippen LogP contribution in [0.4, 0.5) is 4.79 Å². The fourth-order valence-electron chi connectivity index (χ4n) is 0.636. The molecule has 0 saturated carbocycles. The van der Waals surface area contributed by atoms with E-state index in [1.807, 2.05) is 0 Å². The number of carbonyl (C=O) groups excluding carboxylic acids is 1. The summed E-state index contributed by atoms with van der Waals surface area (Å²) in [5.74, 6) is -0.650. The quantitative estimate of drug-likeness (QED) is 0.548. The van der Waals surface area contributed by atoms with Gasteiger partial charge in [-0.25, -0.2) is 4.79 Å². The molecule has 1 rings (SSSR count). The minimum atomic E-state index is -1.36. The van der Waals surface area contributed by atoms with Gasteiger partial charge in [-0.05, 0) is 12.1 Å². The summed E-state index contributed by atoms with van der Waals surface area (Å²) in [6.07, 6.45) is 0.182. The van der Waals surface area contributed by atoms with Crippen LogP contribution >= 0.6 is 0 Å². The summed E-state index contributed by atoms with van der Waals surface area (Å²) >= 11 is 0. The molecule has 3 N–H and O–H groups in total. The first-order chi connectivity index (χ1) is 5.20. The number of aromatic nitrogens is 1. The maximum atomic E-state index is 10.8. The Bertz CT molecular complexity index is 265. The van der Waals surface area contributed by atoms with Crippen LogP contribution in [0.15, 0.2) is 18.3 Å². The van der Waals surface area contributed by atoms with Gasteiger partial charge >= 0.3 is 6.09 Å². The maximum Gasteiger partial charge on any atom is 0.411 e. The van der Waals surface area contributed by atoms with E-state index in [2.05, 4.69) is 4.98 Å². The van der Waals surface area contributed by atoms with Gasteiger partial charge < -0.3 is 10.1 Å². The van der Waals surface area contributed by atoms with Crippen molar-refractivity contribution >= 4 is 12.0 Å². The van der Waals surface area contributed by atoms with Crippen molar-refractivity contribution in [2.24, 2.45) is 0 Å². The molecule has 0 radical (unpaired) electrons. The second-order valence-electron chi connectivity index (χ2n) is 1.84. The molecule has 1 heterocycles. The first kappa shape index (κ1) is 7.33. The summed E-state index contributed by atoms with van der Waals surface area (Å²) in [6, 6.07) is 3.09. The van der Waals surface area contributed by atoms with Gasteiger partial charge in [0.15, 0.2) is 0 Å². The van der Waals surface area contributed by atoms with E-state index >= 15 is 0 Å². The van der Waals surface area contributed by atoms with Gasteiger partial charge in [-0.1, -0.05) is 0 Å². The van der Waals surface area contributed by atoms with Gasteiger partial charge in [-0.15, -0.1) is 0 Å². The molecule has 0 spiro atoms. The molecule has 0 bridgehead atoms. The Labute approximate surface area is 62.0 Å². The van der Waals surface area contributed by atoms with Crippen LogP contribution in [0.25, 0.3) is 0 Å². The number of nitrogens with one attached hydrogen (secondary N) is 2. The summed E-state index contributed by atoms with van der Waals surface area (Å²) in [4.78, 5) is 23.3. The second kappa shape index (κ2) is 2.87. The van der Waals surface area contributed by atoms with Crippen LogP contribution in [-0.2, 0) is 0 Å². The van der Waals surface area contributed by atoms with Gasteiger partial charge in [0.1, 0.15) is 5.69 Å². The van der Waals surface area contributed by atoms with Gasteiger partial charge in [0, 0.05) is 6.20 Å². The predicted molar refractivity (Wildman–Crippen MR) is 36.3 cm³/mol. The second-order valence-corrected chi connectivity index (χ2v) is 1.84. The number of rotatable bonds is 1. The smallest absolute Gasteiger partial charge is 0.411 e. The molecule has 58 valence electrons. The van der Waals surface area contributed by atoms with E-state index in [-0.39, 0.29) is 5.69 Å². The van der Waals surface area contributed by atoms with Crippen LogP contribution in [0.1, 0.15) is 10.5 Å². The molecule has 0 atom stereocenters. The summed E-state index contributed by atoms with van der Waals surface area (Å²) in [5, 5.41) is 9.83. The third-order valence-electron chi connectivity index (χ3n) is 1.06. The van der Waals surface area contributed by atoms with E-state index in [9.17, 15) is 9.59 Å². The summed E-state index contributed by atoms with van der Waals surface area (Å²) in [7, 11) is 0. The molecule has 1 aromatic rings. The minimum absolute atomic E-state index is 0.229. The summed E-state index contributed by atoms with van der Waals surface area (Å²) in [6.45, 7) is 0. The minimum Gasteiger partial charge on any atom is -0.465 e.